The van der Waals surface area contributed by atoms with Gasteiger partial charge in [-0.2, -0.15) is 0 Å². The predicted octanol–water partition coefficient (Wildman–Crippen LogP) is 3.18. The number of carbonyl (C=O) groups is 1. The van der Waals surface area contributed by atoms with Gasteiger partial charge in [0.15, 0.2) is 0 Å². The summed E-state index contributed by atoms with van der Waals surface area (Å²) in [6.45, 7) is 8.69. The summed E-state index contributed by atoms with van der Waals surface area (Å²) < 4.78 is 0. The lowest BCUT2D eigenvalue weighted by Crippen LogP contribution is -2.38. The number of rotatable bonds is 9. The van der Waals surface area contributed by atoms with Gasteiger partial charge in [0, 0.05) is 24.6 Å². The van der Waals surface area contributed by atoms with Gasteiger partial charge >= 0.3 is 0 Å². The van der Waals surface area contributed by atoms with E-state index in [9.17, 15) is 9.90 Å². The van der Waals surface area contributed by atoms with E-state index in [1.165, 1.54) is 32.1 Å². The van der Waals surface area contributed by atoms with E-state index in [0.29, 0.717) is 24.0 Å². The summed E-state index contributed by atoms with van der Waals surface area (Å²) in [5, 5.41) is 13.1. The Bertz CT molecular complexity index is 355. The predicted molar refractivity (Wildman–Crippen MR) is 98.6 cm³/mol. The van der Waals surface area contributed by atoms with Crippen molar-refractivity contribution in [3.8, 4) is 0 Å². The van der Waals surface area contributed by atoms with Gasteiger partial charge in [0.2, 0.25) is 5.91 Å². The van der Waals surface area contributed by atoms with E-state index in [1.54, 1.807) is 0 Å². The van der Waals surface area contributed by atoms with E-state index in [2.05, 4.69) is 25.7 Å². The molecule has 1 aliphatic rings. The Balaban J connectivity index is 0.00000484. The van der Waals surface area contributed by atoms with Crippen molar-refractivity contribution in [1.29, 1.82) is 0 Å². The molecule has 0 aromatic rings. The van der Waals surface area contributed by atoms with Gasteiger partial charge in [-0.3, -0.25) is 4.79 Å². The first-order valence-corrected chi connectivity index (χ1v) is 8.79. The molecule has 1 amide bonds. The van der Waals surface area contributed by atoms with E-state index in [1.807, 2.05) is 0 Å². The Labute approximate surface area is 147 Å². The maximum Gasteiger partial charge on any atom is 0.246 e. The van der Waals surface area contributed by atoms with Crippen molar-refractivity contribution in [2.45, 2.75) is 77.4 Å². The molecule has 0 aromatic heterocycles. The molecule has 0 aromatic carbocycles. The zero-order chi connectivity index (χ0) is 16.5. The molecular weight excluding hydrogens is 312 g/mol. The molecule has 5 heteroatoms. The van der Waals surface area contributed by atoms with Crippen LogP contribution in [-0.2, 0) is 4.79 Å². The van der Waals surface area contributed by atoms with Crippen molar-refractivity contribution in [1.82, 2.24) is 5.32 Å². The second kappa shape index (κ2) is 11.9. The maximum absolute atomic E-state index is 11.9. The minimum absolute atomic E-state index is 0. The van der Waals surface area contributed by atoms with E-state index in [4.69, 9.17) is 5.73 Å². The second-order valence-corrected chi connectivity index (χ2v) is 7.22. The highest BCUT2D eigenvalue weighted by Crippen LogP contribution is 2.28. The lowest BCUT2D eigenvalue weighted by Gasteiger charge is -2.27. The molecule has 2 atom stereocenters. The maximum atomic E-state index is 11.9. The van der Waals surface area contributed by atoms with Crippen LogP contribution in [0.5, 0.6) is 0 Å². The van der Waals surface area contributed by atoms with Gasteiger partial charge in [-0.05, 0) is 24.7 Å². The fraction of sp³-hybridized carbons (Fsp3) is 0.833. The number of amides is 1. The summed E-state index contributed by atoms with van der Waals surface area (Å²) in [5.74, 6) is 1.03. The molecule has 1 saturated carbocycles. The first-order chi connectivity index (χ1) is 10.4. The van der Waals surface area contributed by atoms with Crippen molar-refractivity contribution in [3.05, 3.63) is 12.2 Å². The number of aliphatic hydroxyl groups is 1. The van der Waals surface area contributed by atoms with E-state index < -0.39 is 6.10 Å². The highest BCUT2D eigenvalue weighted by molar-refractivity contribution is 5.92. The number of nitrogens with two attached hydrogens (primary N) is 1. The number of halogens is 1. The molecule has 4 nitrogen and oxygen atoms in total. The topological polar surface area (TPSA) is 75.3 Å². The average molecular weight is 347 g/mol. The minimum Gasteiger partial charge on any atom is -0.391 e. The molecule has 1 fully saturated rings. The Kier molecular flexibility index (Phi) is 11.6. The SMILES string of the molecule is C=C(C[C@H](O)[C@@H](N)CC1CCCCC1)C(=O)NCCC(C)C.Cl. The zero-order valence-corrected chi connectivity index (χ0v) is 15.5. The number of aliphatic hydroxyl groups excluding tert-OH is 1. The average Bonchev–Trinajstić information content (AvgIpc) is 2.47. The van der Waals surface area contributed by atoms with Crippen LogP contribution in [0.1, 0.15) is 65.2 Å². The van der Waals surface area contributed by atoms with Crippen LogP contribution in [0.15, 0.2) is 12.2 Å². The van der Waals surface area contributed by atoms with Crippen LogP contribution < -0.4 is 11.1 Å². The first kappa shape index (κ1) is 22.4. The molecule has 4 N–H and O–H groups in total. The summed E-state index contributed by atoms with van der Waals surface area (Å²) in [6, 6.07) is -0.261. The molecule has 136 valence electrons. The summed E-state index contributed by atoms with van der Waals surface area (Å²) in [5.41, 5.74) is 6.54. The molecule has 0 bridgehead atoms. The van der Waals surface area contributed by atoms with Gasteiger partial charge in [0.1, 0.15) is 0 Å². The van der Waals surface area contributed by atoms with Crippen molar-refractivity contribution >= 4 is 18.3 Å². The van der Waals surface area contributed by atoms with Gasteiger partial charge in [-0.1, -0.05) is 52.5 Å². The van der Waals surface area contributed by atoms with Crippen LogP contribution in [0.25, 0.3) is 0 Å². The third kappa shape index (κ3) is 9.33. The number of hydrogen-bond donors (Lipinski definition) is 3. The molecule has 1 rings (SSSR count). The van der Waals surface area contributed by atoms with Crippen LogP contribution in [0.3, 0.4) is 0 Å². The molecule has 0 heterocycles. The second-order valence-electron chi connectivity index (χ2n) is 7.22. The summed E-state index contributed by atoms with van der Waals surface area (Å²) in [4.78, 5) is 11.9. The largest absolute Gasteiger partial charge is 0.391 e. The van der Waals surface area contributed by atoms with Crippen LogP contribution in [0, 0.1) is 11.8 Å². The van der Waals surface area contributed by atoms with Gasteiger partial charge in [-0.25, -0.2) is 0 Å². The highest BCUT2D eigenvalue weighted by atomic mass is 35.5. The minimum atomic E-state index is -0.676. The van der Waals surface area contributed by atoms with Crippen molar-refractivity contribution in [2.24, 2.45) is 17.6 Å². The number of carbonyl (C=O) groups excluding carboxylic acids is 1. The molecule has 1 aliphatic carbocycles. The highest BCUT2D eigenvalue weighted by Gasteiger charge is 2.23. The van der Waals surface area contributed by atoms with E-state index in [0.717, 1.165) is 12.8 Å². The molecule has 23 heavy (non-hydrogen) atoms. The molecular formula is C18H35ClN2O2. The van der Waals surface area contributed by atoms with Gasteiger partial charge in [0.25, 0.3) is 0 Å². The fourth-order valence-corrected chi connectivity index (χ4v) is 3.06. The smallest absolute Gasteiger partial charge is 0.246 e. The molecule has 0 unspecified atom stereocenters. The molecule has 0 aliphatic heterocycles. The molecule has 0 spiro atoms. The third-order valence-corrected chi connectivity index (χ3v) is 4.61. The van der Waals surface area contributed by atoms with Gasteiger partial charge in [-0.15, -0.1) is 12.4 Å². The van der Waals surface area contributed by atoms with Crippen LogP contribution in [-0.4, -0.2) is 29.7 Å². The van der Waals surface area contributed by atoms with Crippen LogP contribution in [0.4, 0.5) is 0 Å². The number of hydrogen-bond acceptors (Lipinski definition) is 3. The van der Waals surface area contributed by atoms with E-state index >= 15 is 0 Å². The monoisotopic (exact) mass is 346 g/mol. The Morgan fingerprint density at radius 2 is 1.91 bits per heavy atom. The normalized spacial score (nSPS) is 18.1. The first-order valence-electron chi connectivity index (χ1n) is 8.79. The lowest BCUT2D eigenvalue weighted by molar-refractivity contribution is -0.117. The molecule has 0 radical (unpaired) electrons. The zero-order valence-electron chi connectivity index (χ0n) is 14.7. The standard InChI is InChI=1S/C18H34N2O2.ClH/c1-13(2)9-10-20-18(22)14(3)11-17(21)16(19)12-15-7-5-4-6-8-15;/h13,15-17,21H,3-12,19H2,1-2H3,(H,20,22);1H/t16-,17-;/m0./s1. The van der Waals surface area contributed by atoms with Crippen LogP contribution in [0.2, 0.25) is 0 Å². The van der Waals surface area contributed by atoms with Crippen molar-refractivity contribution < 1.29 is 9.90 Å². The van der Waals surface area contributed by atoms with Gasteiger partial charge < -0.3 is 16.2 Å². The number of nitrogens with one attached hydrogen (secondary N) is 1. The van der Waals surface area contributed by atoms with Crippen molar-refractivity contribution in [3.63, 3.8) is 0 Å². The van der Waals surface area contributed by atoms with E-state index in [-0.39, 0.29) is 30.8 Å². The molecule has 0 saturated heterocycles. The third-order valence-electron chi connectivity index (χ3n) is 4.61. The van der Waals surface area contributed by atoms with Crippen LogP contribution >= 0.6 is 12.4 Å². The quantitative estimate of drug-likeness (QED) is 0.561. The Morgan fingerprint density at radius 3 is 2.48 bits per heavy atom. The van der Waals surface area contributed by atoms with Crippen molar-refractivity contribution in [2.75, 3.05) is 6.54 Å². The summed E-state index contributed by atoms with van der Waals surface area (Å²) >= 11 is 0. The Hall–Kier alpha value is -0.580. The lowest BCUT2D eigenvalue weighted by atomic mass is 9.83. The summed E-state index contributed by atoms with van der Waals surface area (Å²) in [7, 11) is 0. The summed E-state index contributed by atoms with van der Waals surface area (Å²) in [6.07, 6.45) is 7.70. The fourth-order valence-electron chi connectivity index (χ4n) is 3.06. The van der Waals surface area contributed by atoms with Gasteiger partial charge in [0.05, 0.1) is 6.10 Å². The Morgan fingerprint density at radius 1 is 1.30 bits per heavy atom.